The summed E-state index contributed by atoms with van der Waals surface area (Å²) in [6.45, 7) is 0. The lowest BCUT2D eigenvalue weighted by Crippen LogP contribution is -2.31. The first-order valence-corrected chi connectivity index (χ1v) is 5.27. The molecule has 6 nitrogen and oxygen atoms in total. The van der Waals surface area contributed by atoms with Crippen LogP contribution in [0.1, 0.15) is 5.56 Å². The molecule has 0 aliphatic heterocycles. The summed E-state index contributed by atoms with van der Waals surface area (Å²) >= 11 is 5.84. The smallest absolute Gasteiger partial charge is 0.335 e. The molecule has 1 aromatic heterocycles. The molecule has 96 valence electrons. The van der Waals surface area contributed by atoms with E-state index < -0.39 is 22.9 Å². The Bertz CT molecular complexity index is 819. The maximum absolute atomic E-state index is 13.3. The molecule has 19 heavy (non-hydrogen) atoms. The predicted molar refractivity (Wildman–Crippen MR) is 64.0 cm³/mol. The Morgan fingerprint density at radius 1 is 1.42 bits per heavy atom. The zero-order chi connectivity index (χ0) is 14.2. The lowest BCUT2D eigenvalue weighted by Gasteiger charge is -2.09. The third-order valence-corrected chi connectivity index (χ3v) is 2.65. The first-order chi connectivity index (χ1) is 8.95. The van der Waals surface area contributed by atoms with Gasteiger partial charge in [-0.05, 0) is 18.2 Å². The van der Waals surface area contributed by atoms with Crippen LogP contribution in [0.2, 0.25) is 5.02 Å². The second-order valence-electron chi connectivity index (χ2n) is 3.51. The number of halogens is 2. The summed E-state index contributed by atoms with van der Waals surface area (Å²) in [7, 11) is 0. The summed E-state index contributed by atoms with van der Waals surface area (Å²) in [6.07, 6.45) is 0. The van der Waals surface area contributed by atoms with Crippen LogP contribution < -0.4 is 11.2 Å². The summed E-state index contributed by atoms with van der Waals surface area (Å²) in [6, 6.07) is 5.65. The van der Waals surface area contributed by atoms with Crippen LogP contribution in [-0.4, -0.2) is 14.7 Å². The van der Waals surface area contributed by atoms with Crippen molar-refractivity contribution >= 4 is 11.6 Å². The predicted octanol–water partition coefficient (Wildman–Crippen LogP) is 0.896. The van der Waals surface area contributed by atoms with Crippen molar-refractivity contribution in [1.82, 2.24) is 9.55 Å². The fraction of sp³-hybridized carbons (Fsp3) is 0. The Hall–Kier alpha value is -2.59. The normalized spacial score (nSPS) is 10.2. The fourth-order valence-electron chi connectivity index (χ4n) is 1.49. The zero-order valence-corrected chi connectivity index (χ0v) is 9.90. The number of aromatic nitrogens is 2. The molecule has 1 heterocycles. The van der Waals surface area contributed by atoms with Crippen molar-refractivity contribution < 1.29 is 9.50 Å². The second-order valence-corrected chi connectivity index (χ2v) is 3.92. The van der Waals surface area contributed by atoms with E-state index in [1.807, 2.05) is 6.07 Å². The van der Waals surface area contributed by atoms with Crippen molar-refractivity contribution in [3.05, 3.63) is 55.4 Å². The maximum Gasteiger partial charge on any atom is 0.335 e. The molecule has 0 amide bonds. The van der Waals surface area contributed by atoms with Crippen LogP contribution in [0.3, 0.4) is 0 Å². The third-order valence-electron chi connectivity index (χ3n) is 2.35. The molecule has 0 saturated heterocycles. The largest absolute Gasteiger partial charge is 0.492 e. The molecule has 0 saturated carbocycles. The van der Waals surface area contributed by atoms with Gasteiger partial charge in [0.05, 0.1) is 22.3 Å². The zero-order valence-electron chi connectivity index (χ0n) is 9.15. The Labute approximate surface area is 109 Å². The van der Waals surface area contributed by atoms with E-state index >= 15 is 0 Å². The molecule has 1 aromatic carbocycles. The number of rotatable bonds is 1. The summed E-state index contributed by atoms with van der Waals surface area (Å²) < 4.78 is 13.8. The molecule has 0 fully saturated rings. The van der Waals surface area contributed by atoms with Crippen LogP contribution in [-0.2, 0) is 0 Å². The molecule has 0 bridgehead atoms. The standard InChI is InChI=1S/C11H5ClFN3O3/c12-6-3-5(4-14)1-2-7(6)16-10(18)8(13)9(17)15-11(16)19/h1-3,18H,(H,15,17,19). The summed E-state index contributed by atoms with van der Waals surface area (Å²) in [5.74, 6) is -2.65. The first-order valence-electron chi connectivity index (χ1n) is 4.89. The SMILES string of the molecule is N#Cc1ccc(-n2c(O)c(F)c(=O)[nH]c2=O)c(Cl)c1. The van der Waals surface area contributed by atoms with Gasteiger partial charge in [0.1, 0.15) is 0 Å². The van der Waals surface area contributed by atoms with Gasteiger partial charge < -0.3 is 5.11 Å². The number of H-pyrrole nitrogens is 1. The molecule has 0 aliphatic rings. The number of aromatic hydroxyl groups is 1. The number of benzene rings is 1. The van der Waals surface area contributed by atoms with Crippen LogP contribution in [0.4, 0.5) is 4.39 Å². The van der Waals surface area contributed by atoms with Crippen molar-refractivity contribution in [2.75, 3.05) is 0 Å². The first kappa shape index (κ1) is 12.9. The fourth-order valence-corrected chi connectivity index (χ4v) is 1.75. The van der Waals surface area contributed by atoms with Gasteiger partial charge in [0, 0.05) is 0 Å². The van der Waals surface area contributed by atoms with Crippen molar-refractivity contribution in [2.24, 2.45) is 0 Å². The molecular formula is C11H5ClFN3O3. The number of aromatic amines is 1. The molecule has 2 N–H and O–H groups in total. The summed E-state index contributed by atoms with van der Waals surface area (Å²) in [5.41, 5.74) is -2.21. The van der Waals surface area contributed by atoms with Gasteiger partial charge in [0.25, 0.3) is 5.56 Å². The average molecular weight is 282 g/mol. The lowest BCUT2D eigenvalue weighted by molar-refractivity contribution is 0.386. The van der Waals surface area contributed by atoms with E-state index in [0.29, 0.717) is 4.57 Å². The van der Waals surface area contributed by atoms with Crippen LogP contribution in [0.15, 0.2) is 27.8 Å². The van der Waals surface area contributed by atoms with E-state index in [1.54, 1.807) is 4.98 Å². The van der Waals surface area contributed by atoms with Gasteiger partial charge in [0.2, 0.25) is 11.7 Å². The number of nitrogens with one attached hydrogen (secondary N) is 1. The Morgan fingerprint density at radius 3 is 2.68 bits per heavy atom. The quantitative estimate of drug-likeness (QED) is 0.811. The second kappa shape index (κ2) is 4.59. The van der Waals surface area contributed by atoms with Crippen molar-refractivity contribution in [3.8, 4) is 17.6 Å². The topological polar surface area (TPSA) is 98.9 Å². The highest BCUT2D eigenvalue weighted by atomic mass is 35.5. The third kappa shape index (κ3) is 2.09. The minimum absolute atomic E-state index is 0.0529. The van der Waals surface area contributed by atoms with Crippen LogP contribution in [0, 0.1) is 17.1 Å². The Morgan fingerprint density at radius 2 is 2.11 bits per heavy atom. The molecule has 2 rings (SSSR count). The van der Waals surface area contributed by atoms with Crippen molar-refractivity contribution in [3.63, 3.8) is 0 Å². The highest BCUT2D eigenvalue weighted by molar-refractivity contribution is 6.32. The van der Waals surface area contributed by atoms with E-state index in [4.69, 9.17) is 16.9 Å². The number of hydrogen-bond donors (Lipinski definition) is 2. The molecule has 0 aliphatic carbocycles. The maximum atomic E-state index is 13.3. The van der Waals surface area contributed by atoms with Crippen molar-refractivity contribution in [1.29, 1.82) is 5.26 Å². The summed E-state index contributed by atoms with van der Waals surface area (Å²) in [5, 5.41) is 18.1. The van der Waals surface area contributed by atoms with Crippen LogP contribution >= 0.6 is 11.6 Å². The number of nitrogens with zero attached hydrogens (tertiary/aromatic N) is 2. The molecule has 2 aromatic rings. The summed E-state index contributed by atoms with van der Waals surface area (Å²) in [4.78, 5) is 24.2. The van der Waals surface area contributed by atoms with E-state index in [1.165, 1.54) is 18.2 Å². The van der Waals surface area contributed by atoms with Gasteiger partial charge >= 0.3 is 5.69 Å². The van der Waals surface area contributed by atoms with Crippen molar-refractivity contribution in [2.45, 2.75) is 0 Å². The van der Waals surface area contributed by atoms with Gasteiger partial charge in [0.15, 0.2) is 0 Å². The van der Waals surface area contributed by atoms with Gasteiger partial charge in [-0.15, -0.1) is 0 Å². The molecular weight excluding hydrogens is 277 g/mol. The van der Waals surface area contributed by atoms with E-state index in [0.717, 1.165) is 0 Å². The van der Waals surface area contributed by atoms with Crippen LogP contribution in [0.25, 0.3) is 5.69 Å². The molecule has 0 unspecified atom stereocenters. The van der Waals surface area contributed by atoms with E-state index in [9.17, 15) is 19.1 Å². The van der Waals surface area contributed by atoms with E-state index in [2.05, 4.69) is 0 Å². The van der Waals surface area contributed by atoms with Gasteiger partial charge in [-0.2, -0.15) is 9.65 Å². The van der Waals surface area contributed by atoms with Crippen LogP contribution in [0.5, 0.6) is 5.88 Å². The number of hydrogen-bond acceptors (Lipinski definition) is 4. The highest BCUT2D eigenvalue weighted by Crippen LogP contribution is 2.24. The van der Waals surface area contributed by atoms with Gasteiger partial charge in [-0.25, -0.2) is 9.36 Å². The molecule has 0 spiro atoms. The van der Waals surface area contributed by atoms with Gasteiger partial charge in [-0.1, -0.05) is 11.6 Å². The average Bonchev–Trinajstić information content (AvgIpc) is 2.38. The highest BCUT2D eigenvalue weighted by Gasteiger charge is 2.17. The Kier molecular flexibility index (Phi) is 3.10. The minimum atomic E-state index is -1.50. The molecule has 0 atom stereocenters. The Balaban J connectivity index is 2.81. The lowest BCUT2D eigenvalue weighted by atomic mass is 10.2. The van der Waals surface area contributed by atoms with Gasteiger partial charge in [-0.3, -0.25) is 9.78 Å². The minimum Gasteiger partial charge on any atom is -0.492 e. The molecule has 8 heteroatoms. The number of nitriles is 1. The molecule has 0 radical (unpaired) electrons. The monoisotopic (exact) mass is 281 g/mol. The van der Waals surface area contributed by atoms with E-state index in [-0.39, 0.29) is 16.3 Å².